The molecule has 4 atom stereocenters. The lowest BCUT2D eigenvalue weighted by Crippen LogP contribution is -2.30. The van der Waals surface area contributed by atoms with E-state index in [9.17, 15) is 0 Å². The Kier molecular flexibility index (Phi) is 3.18. The van der Waals surface area contributed by atoms with E-state index in [-0.39, 0.29) is 0 Å². The second kappa shape index (κ2) is 4.69. The molecule has 1 aromatic rings. The molecule has 3 nitrogen and oxygen atoms in total. The van der Waals surface area contributed by atoms with Gasteiger partial charge in [-0.25, -0.2) is 9.97 Å². The van der Waals surface area contributed by atoms with Gasteiger partial charge in [-0.1, -0.05) is 18.0 Å². The molecule has 0 saturated heterocycles. The summed E-state index contributed by atoms with van der Waals surface area (Å²) in [5, 5.41) is 4.09. The zero-order chi connectivity index (χ0) is 12.7. The Bertz CT molecular complexity index is 449. The molecule has 2 saturated carbocycles. The first-order valence-electron chi connectivity index (χ1n) is 6.88. The first-order valence-corrected chi connectivity index (χ1v) is 7.26. The molecular weight excluding hydrogens is 246 g/mol. The SMILES string of the molecule is Cc1c(Cl)ncnc1NC(C)C1CC2CCC1C2. The Balaban J connectivity index is 1.71. The van der Waals surface area contributed by atoms with Gasteiger partial charge in [0.05, 0.1) is 0 Å². The summed E-state index contributed by atoms with van der Waals surface area (Å²) < 4.78 is 0. The standard InChI is InChI=1S/C14H20ClN3/c1-8-13(15)16-7-17-14(8)18-9(2)12-6-10-3-4-11(12)5-10/h7,9-12H,3-6H2,1-2H3,(H,16,17,18). The summed E-state index contributed by atoms with van der Waals surface area (Å²) in [4.78, 5) is 8.30. The van der Waals surface area contributed by atoms with E-state index in [0.29, 0.717) is 11.2 Å². The van der Waals surface area contributed by atoms with Crippen LogP contribution in [-0.4, -0.2) is 16.0 Å². The van der Waals surface area contributed by atoms with Crippen molar-refractivity contribution in [1.29, 1.82) is 0 Å². The maximum Gasteiger partial charge on any atom is 0.137 e. The monoisotopic (exact) mass is 265 g/mol. The summed E-state index contributed by atoms with van der Waals surface area (Å²) in [5.41, 5.74) is 0.953. The molecule has 0 radical (unpaired) electrons. The van der Waals surface area contributed by atoms with E-state index in [0.717, 1.165) is 29.1 Å². The second-order valence-electron chi connectivity index (χ2n) is 5.91. The largest absolute Gasteiger partial charge is 0.367 e. The van der Waals surface area contributed by atoms with Crippen LogP contribution in [0.25, 0.3) is 0 Å². The van der Waals surface area contributed by atoms with Gasteiger partial charge in [-0.2, -0.15) is 0 Å². The van der Waals surface area contributed by atoms with Crippen LogP contribution in [0, 0.1) is 24.7 Å². The molecule has 2 fully saturated rings. The Morgan fingerprint density at radius 1 is 1.33 bits per heavy atom. The molecule has 4 unspecified atom stereocenters. The number of nitrogens with one attached hydrogen (secondary N) is 1. The van der Waals surface area contributed by atoms with Gasteiger partial charge in [0, 0.05) is 11.6 Å². The van der Waals surface area contributed by atoms with E-state index in [2.05, 4.69) is 22.2 Å². The topological polar surface area (TPSA) is 37.8 Å². The minimum Gasteiger partial charge on any atom is -0.367 e. The van der Waals surface area contributed by atoms with Crippen LogP contribution < -0.4 is 5.32 Å². The molecule has 1 heterocycles. The van der Waals surface area contributed by atoms with E-state index in [4.69, 9.17) is 11.6 Å². The van der Waals surface area contributed by atoms with Crippen molar-refractivity contribution in [2.75, 3.05) is 5.32 Å². The van der Waals surface area contributed by atoms with Crippen molar-refractivity contribution in [3.63, 3.8) is 0 Å². The molecule has 1 aromatic heterocycles. The number of rotatable bonds is 3. The minimum absolute atomic E-state index is 0.477. The van der Waals surface area contributed by atoms with Crippen LogP contribution >= 0.6 is 11.6 Å². The highest BCUT2D eigenvalue weighted by molar-refractivity contribution is 6.30. The van der Waals surface area contributed by atoms with Gasteiger partial charge in [-0.3, -0.25) is 0 Å². The summed E-state index contributed by atoms with van der Waals surface area (Å²) in [6.45, 7) is 4.25. The lowest BCUT2D eigenvalue weighted by molar-refractivity contribution is 0.304. The van der Waals surface area contributed by atoms with Crippen molar-refractivity contribution in [2.24, 2.45) is 17.8 Å². The van der Waals surface area contributed by atoms with Crippen LogP contribution in [0.5, 0.6) is 0 Å². The molecule has 1 N–H and O–H groups in total. The van der Waals surface area contributed by atoms with Crippen molar-refractivity contribution in [1.82, 2.24) is 9.97 Å². The van der Waals surface area contributed by atoms with Gasteiger partial charge >= 0.3 is 0 Å². The predicted octanol–water partition coefficient (Wildman–Crippen LogP) is 3.68. The zero-order valence-corrected chi connectivity index (χ0v) is 11.7. The maximum atomic E-state index is 6.03. The van der Waals surface area contributed by atoms with Crippen molar-refractivity contribution < 1.29 is 0 Å². The molecule has 3 rings (SSSR count). The van der Waals surface area contributed by atoms with E-state index >= 15 is 0 Å². The van der Waals surface area contributed by atoms with Gasteiger partial charge in [-0.05, 0) is 50.9 Å². The summed E-state index contributed by atoms with van der Waals surface area (Å²) >= 11 is 6.03. The summed E-state index contributed by atoms with van der Waals surface area (Å²) in [6, 6.07) is 0.477. The molecular formula is C14H20ClN3. The van der Waals surface area contributed by atoms with Gasteiger partial charge < -0.3 is 5.32 Å². The summed E-state index contributed by atoms with van der Waals surface area (Å²) in [6.07, 6.45) is 7.24. The fraction of sp³-hybridized carbons (Fsp3) is 0.714. The van der Waals surface area contributed by atoms with Crippen LogP contribution in [0.2, 0.25) is 5.15 Å². The van der Waals surface area contributed by atoms with Gasteiger partial charge in [-0.15, -0.1) is 0 Å². The molecule has 0 spiro atoms. The molecule has 0 amide bonds. The average Bonchev–Trinajstić information content (AvgIpc) is 2.97. The Hall–Kier alpha value is -0.830. The predicted molar refractivity (Wildman–Crippen MR) is 73.8 cm³/mol. The fourth-order valence-electron chi connectivity index (χ4n) is 3.80. The van der Waals surface area contributed by atoms with Crippen LogP contribution in [-0.2, 0) is 0 Å². The van der Waals surface area contributed by atoms with Gasteiger partial charge in [0.25, 0.3) is 0 Å². The summed E-state index contributed by atoms with van der Waals surface area (Å²) in [7, 11) is 0. The lowest BCUT2D eigenvalue weighted by atomic mass is 9.84. The quantitative estimate of drug-likeness (QED) is 0.848. The normalized spacial score (nSPS) is 31.6. The molecule has 0 aromatic carbocycles. The minimum atomic E-state index is 0.477. The van der Waals surface area contributed by atoms with Crippen molar-refractivity contribution >= 4 is 17.4 Å². The highest BCUT2D eigenvalue weighted by Crippen LogP contribution is 2.49. The van der Waals surface area contributed by atoms with Gasteiger partial charge in [0.1, 0.15) is 17.3 Å². The smallest absolute Gasteiger partial charge is 0.137 e. The van der Waals surface area contributed by atoms with E-state index in [1.807, 2.05) is 6.92 Å². The van der Waals surface area contributed by atoms with E-state index in [1.54, 1.807) is 0 Å². The highest BCUT2D eigenvalue weighted by Gasteiger charge is 2.41. The third kappa shape index (κ3) is 2.09. The zero-order valence-electron chi connectivity index (χ0n) is 11.0. The number of anilines is 1. The number of fused-ring (bicyclic) bond motifs is 2. The van der Waals surface area contributed by atoms with Crippen LogP contribution in [0.1, 0.15) is 38.2 Å². The third-order valence-corrected chi connectivity index (χ3v) is 5.20. The Labute approximate surface area is 113 Å². The van der Waals surface area contributed by atoms with Gasteiger partial charge in [0.15, 0.2) is 0 Å². The van der Waals surface area contributed by atoms with Crippen LogP contribution in [0.15, 0.2) is 6.33 Å². The average molecular weight is 266 g/mol. The van der Waals surface area contributed by atoms with Gasteiger partial charge in [0.2, 0.25) is 0 Å². The second-order valence-corrected chi connectivity index (χ2v) is 6.27. The Morgan fingerprint density at radius 2 is 2.17 bits per heavy atom. The van der Waals surface area contributed by atoms with Crippen LogP contribution in [0.4, 0.5) is 5.82 Å². The molecule has 2 bridgehead atoms. The molecule has 18 heavy (non-hydrogen) atoms. The van der Waals surface area contributed by atoms with Crippen molar-refractivity contribution in [3.05, 3.63) is 17.0 Å². The highest BCUT2D eigenvalue weighted by atomic mass is 35.5. The first kappa shape index (κ1) is 12.2. The molecule has 0 aliphatic heterocycles. The molecule has 2 aliphatic carbocycles. The number of nitrogens with zero attached hydrogens (tertiary/aromatic N) is 2. The fourth-order valence-corrected chi connectivity index (χ4v) is 3.94. The summed E-state index contributed by atoms with van der Waals surface area (Å²) in [5.74, 6) is 3.61. The van der Waals surface area contributed by atoms with Crippen molar-refractivity contribution in [2.45, 2.75) is 45.6 Å². The molecule has 2 aliphatic rings. The number of hydrogen-bond donors (Lipinski definition) is 1. The lowest BCUT2D eigenvalue weighted by Gasteiger charge is -2.29. The first-order chi connectivity index (χ1) is 8.65. The Morgan fingerprint density at radius 3 is 2.83 bits per heavy atom. The number of halogens is 1. The van der Waals surface area contributed by atoms with E-state index in [1.165, 1.54) is 32.0 Å². The molecule has 4 heteroatoms. The van der Waals surface area contributed by atoms with Crippen LogP contribution in [0.3, 0.4) is 0 Å². The molecule has 98 valence electrons. The third-order valence-electron chi connectivity index (χ3n) is 4.82. The van der Waals surface area contributed by atoms with Crippen molar-refractivity contribution in [3.8, 4) is 0 Å². The number of aromatic nitrogens is 2. The number of hydrogen-bond acceptors (Lipinski definition) is 3. The maximum absolute atomic E-state index is 6.03. The van der Waals surface area contributed by atoms with E-state index < -0.39 is 0 Å².